The molecule has 0 N–H and O–H groups in total. The molecule has 0 radical (unpaired) electrons. The van der Waals surface area contributed by atoms with Gasteiger partial charge in [0.1, 0.15) is 0 Å². The van der Waals surface area contributed by atoms with Crippen molar-refractivity contribution in [3.8, 4) is 0 Å². The topological polar surface area (TPSA) is 0 Å². The van der Waals surface area contributed by atoms with Crippen molar-refractivity contribution in [1.82, 2.24) is 0 Å². The number of hydrogen-bond donors (Lipinski definition) is 0. The summed E-state index contributed by atoms with van der Waals surface area (Å²) in [6.07, 6.45) is -7.01. The summed E-state index contributed by atoms with van der Waals surface area (Å²) in [5.74, 6) is -11.3. The molecule has 0 heterocycles. The highest BCUT2D eigenvalue weighted by atomic mass is 19.4. The third-order valence-electron chi connectivity index (χ3n) is 1.03. The summed E-state index contributed by atoms with van der Waals surface area (Å²) in [7, 11) is 0. The molecule has 0 amide bonds. The highest BCUT2D eigenvalue weighted by Crippen LogP contribution is 2.46. The quantitative estimate of drug-likeness (QED) is 0.470. The second-order valence-corrected chi connectivity index (χ2v) is 1.90. The molecular formula is C5H3F7. The van der Waals surface area contributed by atoms with Crippen molar-refractivity contribution < 1.29 is 30.7 Å². The minimum atomic E-state index is -6.27. The van der Waals surface area contributed by atoms with E-state index in [0.717, 1.165) is 0 Å². The molecule has 0 aliphatic heterocycles. The van der Waals surface area contributed by atoms with Crippen molar-refractivity contribution in [3.05, 3.63) is 12.7 Å². The Bertz CT molecular complexity index is 177. The molecule has 12 heavy (non-hydrogen) atoms. The van der Waals surface area contributed by atoms with Gasteiger partial charge >= 0.3 is 18.0 Å². The van der Waals surface area contributed by atoms with Crippen LogP contribution in [0.5, 0.6) is 0 Å². The van der Waals surface area contributed by atoms with E-state index in [2.05, 4.69) is 6.58 Å². The second kappa shape index (κ2) is 2.63. The second-order valence-electron chi connectivity index (χ2n) is 1.90. The lowest BCUT2D eigenvalue weighted by Crippen LogP contribution is -2.50. The smallest absolute Gasteiger partial charge is 0.195 e. The lowest BCUT2D eigenvalue weighted by Gasteiger charge is -2.25. The molecule has 0 aromatic carbocycles. The summed E-state index contributed by atoms with van der Waals surface area (Å²) >= 11 is 0. The fourth-order valence-electron chi connectivity index (χ4n) is 0.317. The maximum absolute atomic E-state index is 11.8. The maximum atomic E-state index is 11.8. The van der Waals surface area contributed by atoms with E-state index in [4.69, 9.17) is 0 Å². The van der Waals surface area contributed by atoms with Crippen LogP contribution in [0.25, 0.3) is 0 Å². The zero-order chi connectivity index (χ0) is 10.2. The van der Waals surface area contributed by atoms with Crippen LogP contribution in [0.2, 0.25) is 0 Å². The number of allylic oxidation sites excluding steroid dienone is 1. The zero-order valence-corrected chi connectivity index (χ0v) is 5.43. The Hall–Kier alpha value is -0.750. The molecular weight excluding hydrogens is 193 g/mol. The predicted octanol–water partition coefficient (Wildman–Crippen LogP) is 3.01. The molecule has 0 fully saturated rings. The van der Waals surface area contributed by atoms with Gasteiger partial charge in [0.15, 0.2) is 0 Å². The molecule has 0 aliphatic carbocycles. The van der Waals surface area contributed by atoms with Gasteiger partial charge in [-0.05, 0) is 6.08 Å². The molecule has 0 atom stereocenters. The van der Waals surface area contributed by atoms with Crippen LogP contribution < -0.4 is 0 Å². The summed E-state index contributed by atoms with van der Waals surface area (Å²) < 4.78 is 80.9. The van der Waals surface area contributed by atoms with Crippen molar-refractivity contribution in [3.63, 3.8) is 0 Å². The SMILES string of the molecule is C=CC(F)(F)C(F)(F)C(F)(F)F. The van der Waals surface area contributed by atoms with E-state index in [-0.39, 0.29) is 0 Å². The van der Waals surface area contributed by atoms with Crippen molar-refractivity contribution in [2.24, 2.45) is 0 Å². The van der Waals surface area contributed by atoms with E-state index in [9.17, 15) is 30.7 Å². The molecule has 0 aromatic rings. The van der Waals surface area contributed by atoms with E-state index < -0.39 is 24.1 Å². The Kier molecular flexibility index (Phi) is 2.47. The van der Waals surface area contributed by atoms with Crippen molar-refractivity contribution in [1.29, 1.82) is 0 Å². The fraction of sp³-hybridized carbons (Fsp3) is 0.600. The van der Waals surface area contributed by atoms with Crippen LogP contribution in [-0.2, 0) is 0 Å². The molecule has 0 nitrogen and oxygen atoms in total. The molecule has 0 saturated heterocycles. The third-order valence-corrected chi connectivity index (χ3v) is 1.03. The van der Waals surface area contributed by atoms with Gasteiger partial charge in [-0.3, -0.25) is 0 Å². The Balaban J connectivity index is 4.97. The Morgan fingerprint density at radius 3 is 1.25 bits per heavy atom. The van der Waals surface area contributed by atoms with E-state index in [0.29, 0.717) is 0 Å². The van der Waals surface area contributed by atoms with Gasteiger partial charge in [0.25, 0.3) is 0 Å². The van der Waals surface area contributed by atoms with Crippen LogP contribution in [0.3, 0.4) is 0 Å². The average Bonchev–Trinajstić information content (AvgIpc) is 1.85. The van der Waals surface area contributed by atoms with Crippen molar-refractivity contribution in [2.75, 3.05) is 0 Å². The Morgan fingerprint density at radius 2 is 1.17 bits per heavy atom. The standard InChI is InChI=1S/C5H3F7/c1-2-3(6,7)4(8,9)5(10,11)12/h2H,1H2. The van der Waals surface area contributed by atoms with Gasteiger partial charge in [0, 0.05) is 0 Å². The molecule has 0 unspecified atom stereocenters. The first-order valence-electron chi connectivity index (χ1n) is 2.52. The van der Waals surface area contributed by atoms with Crippen LogP contribution in [0.15, 0.2) is 12.7 Å². The van der Waals surface area contributed by atoms with Gasteiger partial charge in [0.2, 0.25) is 0 Å². The first-order valence-corrected chi connectivity index (χ1v) is 2.52. The predicted molar refractivity (Wildman–Crippen MR) is 26.1 cm³/mol. The third kappa shape index (κ3) is 1.54. The molecule has 0 aliphatic rings. The minimum absolute atomic E-state index is 0.736. The normalized spacial score (nSPS) is 14.6. The highest BCUT2D eigenvalue weighted by Gasteiger charge is 2.71. The van der Waals surface area contributed by atoms with Crippen LogP contribution in [0.1, 0.15) is 0 Å². The van der Waals surface area contributed by atoms with Gasteiger partial charge in [0.05, 0.1) is 0 Å². The molecule has 72 valence electrons. The number of alkyl halides is 7. The number of rotatable bonds is 2. The molecule has 0 spiro atoms. The van der Waals surface area contributed by atoms with Crippen LogP contribution >= 0.6 is 0 Å². The zero-order valence-electron chi connectivity index (χ0n) is 5.43. The number of halogens is 7. The van der Waals surface area contributed by atoms with Crippen LogP contribution in [0.4, 0.5) is 30.7 Å². The van der Waals surface area contributed by atoms with Crippen molar-refractivity contribution >= 4 is 0 Å². The summed E-state index contributed by atoms with van der Waals surface area (Å²) in [4.78, 5) is 0. The maximum Gasteiger partial charge on any atom is 0.460 e. The molecule has 0 saturated carbocycles. The van der Waals surface area contributed by atoms with E-state index in [1.807, 2.05) is 0 Å². The summed E-state index contributed by atoms with van der Waals surface area (Å²) in [5.41, 5.74) is 0. The van der Waals surface area contributed by atoms with Gasteiger partial charge in [-0.1, -0.05) is 6.58 Å². The lowest BCUT2D eigenvalue weighted by molar-refractivity contribution is -0.341. The van der Waals surface area contributed by atoms with Gasteiger partial charge < -0.3 is 0 Å². The lowest BCUT2D eigenvalue weighted by atomic mass is 10.1. The molecule has 0 bridgehead atoms. The van der Waals surface area contributed by atoms with E-state index >= 15 is 0 Å². The van der Waals surface area contributed by atoms with Crippen LogP contribution in [-0.4, -0.2) is 18.0 Å². The molecule has 0 aromatic heterocycles. The summed E-state index contributed by atoms with van der Waals surface area (Å²) in [6, 6.07) is 0. The first kappa shape index (κ1) is 11.2. The fourth-order valence-corrected chi connectivity index (χ4v) is 0.317. The van der Waals surface area contributed by atoms with Gasteiger partial charge in [-0.25, -0.2) is 0 Å². The first-order chi connectivity index (χ1) is 5.06. The minimum Gasteiger partial charge on any atom is -0.195 e. The van der Waals surface area contributed by atoms with Gasteiger partial charge in [-0.15, -0.1) is 0 Å². The Labute approximate surface area is 62.7 Å². The average molecular weight is 196 g/mol. The van der Waals surface area contributed by atoms with E-state index in [1.165, 1.54) is 0 Å². The monoisotopic (exact) mass is 196 g/mol. The highest BCUT2D eigenvalue weighted by molar-refractivity contribution is 5.01. The molecule has 7 heteroatoms. The van der Waals surface area contributed by atoms with E-state index in [1.54, 1.807) is 0 Å². The summed E-state index contributed by atoms with van der Waals surface area (Å²) in [6.45, 7) is 2.18. The van der Waals surface area contributed by atoms with Gasteiger partial charge in [-0.2, -0.15) is 30.7 Å². The summed E-state index contributed by atoms with van der Waals surface area (Å²) in [5, 5.41) is 0. The number of hydrogen-bond acceptors (Lipinski definition) is 0. The van der Waals surface area contributed by atoms with Crippen molar-refractivity contribution in [2.45, 2.75) is 18.0 Å². The largest absolute Gasteiger partial charge is 0.460 e. The van der Waals surface area contributed by atoms with Crippen LogP contribution in [0, 0.1) is 0 Å². The Morgan fingerprint density at radius 1 is 0.833 bits per heavy atom. The molecule has 0 rings (SSSR count).